The first-order valence-electron chi connectivity index (χ1n) is 8.83. The molecule has 1 saturated carbocycles. The highest BCUT2D eigenvalue weighted by Gasteiger charge is 2.70. The molecule has 2 N–H and O–H groups in total. The molecule has 2 fully saturated rings. The number of amides is 1. The number of likely N-dealkylation sites (N-methyl/N-ethyl adjacent to an activating group) is 1. The van der Waals surface area contributed by atoms with Gasteiger partial charge in [-0.3, -0.25) is 4.79 Å². The number of fused-ring (bicyclic) bond motifs is 1. The average molecular weight is 350 g/mol. The first-order valence-corrected chi connectivity index (χ1v) is 8.83. The lowest BCUT2D eigenvalue weighted by molar-refractivity contribution is -0.229. The number of carbonyl (C=O) groups is 1. The van der Waals surface area contributed by atoms with Gasteiger partial charge in [0.1, 0.15) is 23.7 Å². The van der Waals surface area contributed by atoms with Crippen molar-refractivity contribution in [2.24, 2.45) is 17.1 Å². The van der Waals surface area contributed by atoms with E-state index in [0.29, 0.717) is 18.9 Å². The van der Waals surface area contributed by atoms with Crippen molar-refractivity contribution in [3.05, 3.63) is 30.1 Å². The van der Waals surface area contributed by atoms with Crippen molar-refractivity contribution in [2.45, 2.75) is 38.3 Å². The number of rotatable bonds is 5. The van der Waals surface area contributed by atoms with Crippen molar-refractivity contribution in [3.8, 4) is 5.75 Å². The standard InChI is InChI=1S/C19H27FN2O3/c1-18(2)16-15(5-4-11-25-16)19(18,21)17(23)22(3)10-12-24-14-8-6-13(20)7-9-14/h6-9,15-16H,4-5,10-12,21H2,1-3H3. The second kappa shape index (κ2) is 6.57. The van der Waals surface area contributed by atoms with Crippen molar-refractivity contribution in [1.82, 2.24) is 4.90 Å². The molecular weight excluding hydrogens is 323 g/mol. The van der Waals surface area contributed by atoms with Crippen LogP contribution in [0, 0.1) is 17.2 Å². The van der Waals surface area contributed by atoms with Gasteiger partial charge in [-0.1, -0.05) is 13.8 Å². The van der Waals surface area contributed by atoms with E-state index in [4.69, 9.17) is 15.2 Å². The van der Waals surface area contributed by atoms with Gasteiger partial charge in [-0.25, -0.2) is 4.39 Å². The Balaban J connectivity index is 1.59. The first kappa shape index (κ1) is 18.1. The maximum Gasteiger partial charge on any atom is 0.243 e. The fraction of sp³-hybridized carbons (Fsp3) is 0.632. The Morgan fingerprint density at radius 2 is 2.08 bits per heavy atom. The highest BCUT2D eigenvalue weighted by molar-refractivity contribution is 5.89. The summed E-state index contributed by atoms with van der Waals surface area (Å²) in [6.45, 7) is 5.52. The van der Waals surface area contributed by atoms with Gasteiger partial charge in [-0.05, 0) is 37.1 Å². The third kappa shape index (κ3) is 2.91. The van der Waals surface area contributed by atoms with E-state index in [1.54, 1.807) is 24.1 Å². The predicted molar refractivity (Wildman–Crippen MR) is 92.7 cm³/mol. The van der Waals surface area contributed by atoms with E-state index < -0.39 is 5.54 Å². The molecule has 25 heavy (non-hydrogen) atoms. The quantitative estimate of drug-likeness (QED) is 0.884. The molecule has 1 aliphatic heterocycles. The summed E-state index contributed by atoms with van der Waals surface area (Å²) in [6, 6.07) is 5.83. The Bertz CT molecular complexity index is 634. The number of carbonyl (C=O) groups excluding carboxylic acids is 1. The van der Waals surface area contributed by atoms with Crippen molar-refractivity contribution in [3.63, 3.8) is 0 Å². The minimum absolute atomic E-state index is 0.0547. The third-order valence-electron chi connectivity index (χ3n) is 5.89. The lowest BCUT2D eigenvalue weighted by atomic mass is 9.46. The zero-order valence-electron chi connectivity index (χ0n) is 15.1. The van der Waals surface area contributed by atoms with Crippen molar-refractivity contribution in [2.75, 3.05) is 26.8 Å². The summed E-state index contributed by atoms with van der Waals surface area (Å²) >= 11 is 0. The van der Waals surface area contributed by atoms with Crippen LogP contribution in [-0.4, -0.2) is 49.3 Å². The van der Waals surface area contributed by atoms with Crippen molar-refractivity contribution >= 4 is 5.91 Å². The van der Waals surface area contributed by atoms with E-state index in [1.807, 2.05) is 13.8 Å². The SMILES string of the molecule is CN(CCOc1ccc(F)cc1)C(=O)C1(N)C2CCCOC2C1(C)C. The molecule has 1 aromatic carbocycles. The molecule has 138 valence electrons. The number of ether oxygens (including phenoxy) is 2. The summed E-state index contributed by atoms with van der Waals surface area (Å²) in [5.74, 6) is 0.284. The first-order chi connectivity index (χ1) is 11.8. The van der Waals surface area contributed by atoms with Gasteiger partial charge < -0.3 is 20.1 Å². The minimum Gasteiger partial charge on any atom is -0.492 e. The molecular formula is C19H27FN2O3. The van der Waals surface area contributed by atoms with Crippen LogP contribution >= 0.6 is 0 Å². The van der Waals surface area contributed by atoms with E-state index in [0.717, 1.165) is 19.4 Å². The zero-order chi connectivity index (χ0) is 18.2. The van der Waals surface area contributed by atoms with E-state index in [2.05, 4.69) is 0 Å². The molecule has 3 rings (SSSR count). The predicted octanol–water partition coefficient (Wildman–Crippen LogP) is 2.20. The van der Waals surface area contributed by atoms with E-state index in [-0.39, 0.29) is 29.2 Å². The molecule has 0 radical (unpaired) electrons. The number of benzene rings is 1. The van der Waals surface area contributed by atoms with Crippen LogP contribution in [-0.2, 0) is 9.53 Å². The van der Waals surface area contributed by atoms with Gasteiger partial charge in [0.2, 0.25) is 5.91 Å². The van der Waals surface area contributed by atoms with E-state index in [9.17, 15) is 9.18 Å². The largest absolute Gasteiger partial charge is 0.492 e. The summed E-state index contributed by atoms with van der Waals surface area (Å²) in [4.78, 5) is 14.7. The molecule has 0 bridgehead atoms. The van der Waals surface area contributed by atoms with Crippen molar-refractivity contribution in [1.29, 1.82) is 0 Å². The molecule has 1 aromatic rings. The lowest BCUT2D eigenvalue weighted by Crippen LogP contribution is -2.82. The number of nitrogens with two attached hydrogens (primary N) is 1. The summed E-state index contributed by atoms with van der Waals surface area (Å²) in [5, 5.41) is 0. The second-order valence-corrected chi connectivity index (χ2v) is 7.66. The number of nitrogens with zero attached hydrogens (tertiary/aromatic N) is 1. The molecule has 3 unspecified atom stereocenters. The highest BCUT2D eigenvalue weighted by atomic mass is 19.1. The van der Waals surface area contributed by atoms with Gasteiger partial charge >= 0.3 is 0 Å². The molecule has 1 heterocycles. The summed E-state index contributed by atoms with van der Waals surface area (Å²) in [6.07, 6.45) is 1.93. The third-order valence-corrected chi connectivity index (χ3v) is 5.89. The lowest BCUT2D eigenvalue weighted by Gasteiger charge is -2.65. The van der Waals surface area contributed by atoms with Gasteiger partial charge in [0, 0.05) is 25.0 Å². The molecule has 3 atom stereocenters. The number of halogens is 1. The number of hydrogen-bond acceptors (Lipinski definition) is 4. The van der Waals surface area contributed by atoms with E-state index >= 15 is 0 Å². The Morgan fingerprint density at radius 3 is 2.76 bits per heavy atom. The molecule has 1 saturated heterocycles. The smallest absolute Gasteiger partial charge is 0.243 e. The zero-order valence-corrected chi connectivity index (χ0v) is 15.1. The Hall–Kier alpha value is -1.66. The van der Waals surface area contributed by atoms with Gasteiger partial charge in [0.25, 0.3) is 0 Å². The molecule has 0 aromatic heterocycles. The Morgan fingerprint density at radius 1 is 1.40 bits per heavy atom. The minimum atomic E-state index is -0.900. The second-order valence-electron chi connectivity index (χ2n) is 7.66. The highest BCUT2D eigenvalue weighted by Crippen LogP contribution is 2.57. The van der Waals surface area contributed by atoms with Crippen LogP contribution in [0.25, 0.3) is 0 Å². The summed E-state index contributed by atoms with van der Waals surface area (Å²) in [5.41, 5.74) is 5.34. The van der Waals surface area contributed by atoms with Crippen LogP contribution in [0.2, 0.25) is 0 Å². The maximum absolute atomic E-state index is 13.0. The molecule has 1 amide bonds. The number of hydrogen-bond donors (Lipinski definition) is 1. The summed E-state index contributed by atoms with van der Waals surface area (Å²) in [7, 11) is 1.75. The van der Waals surface area contributed by atoms with Crippen LogP contribution in [0.5, 0.6) is 5.75 Å². The van der Waals surface area contributed by atoms with Crippen LogP contribution in [0.1, 0.15) is 26.7 Å². The topological polar surface area (TPSA) is 64.8 Å². The van der Waals surface area contributed by atoms with Gasteiger partial charge in [0.05, 0.1) is 12.6 Å². The molecule has 2 aliphatic rings. The Labute approximate surface area is 148 Å². The van der Waals surface area contributed by atoms with Gasteiger partial charge in [-0.2, -0.15) is 0 Å². The average Bonchev–Trinajstić information content (AvgIpc) is 2.61. The molecule has 1 aliphatic carbocycles. The van der Waals surface area contributed by atoms with Crippen LogP contribution in [0.4, 0.5) is 4.39 Å². The fourth-order valence-corrected chi connectivity index (χ4v) is 4.26. The van der Waals surface area contributed by atoms with E-state index in [1.165, 1.54) is 12.1 Å². The van der Waals surface area contributed by atoms with Crippen LogP contribution < -0.4 is 10.5 Å². The van der Waals surface area contributed by atoms with Crippen LogP contribution in [0.15, 0.2) is 24.3 Å². The van der Waals surface area contributed by atoms with Crippen LogP contribution in [0.3, 0.4) is 0 Å². The monoisotopic (exact) mass is 350 g/mol. The summed E-state index contributed by atoms with van der Waals surface area (Å²) < 4.78 is 24.3. The van der Waals surface area contributed by atoms with Gasteiger partial charge in [0.15, 0.2) is 0 Å². The molecule has 5 nitrogen and oxygen atoms in total. The van der Waals surface area contributed by atoms with Crippen molar-refractivity contribution < 1.29 is 18.7 Å². The van der Waals surface area contributed by atoms with Gasteiger partial charge in [-0.15, -0.1) is 0 Å². The maximum atomic E-state index is 13.0. The molecule has 0 spiro atoms. The fourth-order valence-electron chi connectivity index (χ4n) is 4.26. The molecule has 6 heteroatoms. The normalized spacial score (nSPS) is 30.1. The Kier molecular flexibility index (Phi) is 4.77.